The van der Waals surface area contributed by atoms with Crippen LogP contribution >= 0.6 is 0 Å². The summed E-state index contributed by atoms with van der Waals surface area (Å²) in [7, 11) is 0. The fourth-order valence-corrected chi connectivity index (χ4v) is 2.97. The Morgan fingerprint density at radius 3 is 2.32 bits per heavy atom. The second kappa shape index (κ2) is 10.8. The lowest BCUT2D eigenvalue weighted by atomic mass is 10.0. The molecule has 0 spiro atoms. The van der Waals surface area contributed by atoms with Crippen LogP contribution < -0.4 is 10.1 Å². The molecule has 0 aliphatic heterocycles. The number of para-hydroxylation sites is 1. The van der Waals surface area contributed by atoms with Gasteiger partial charge in [-0.15, -0.1) is 0 Å². The molecular formula is C26H25NO4. The minimum atomic E-state index is -0.943. The smallest absolute Gasteiger partial charge is 0.331 e. The van der Waals surface area contributed by atoms with Crippen molar-refractivity contribution in [3.05, 3.63) is 90.5 Å². The summed E-state index contributed by atoms with van der Waals surface area (Å²) in [5.74, 6) is -0.220. The molecule has 0 saturated heterocycles. The van der Waals surface area contributed by atoms with Gasteiger partial charge < -0.3 is 14.8 Å². The highest BCUT2D eigenvalue weighted by Crippen LogP contribution is 2.27. The van der Waals surface area contributed by atoms with Gasteiger partial charge in [-0.1, -0.05) is 60.7 Å². The number of nitrogens with one attached hydrogen (secondary N) is 1. The van der Waals surface area contributed by atoms with E-state index in [1.165, 1.54) is 6.08 Å². The highest BCUT2D eigenvalue weighted by molar-refractivity contribution is 5.99. The lowest BCUT2D eigenvalue weighted by Crippen LogP contribution is -2.29. The minimum absolute atomic E-state index is 0.397. The van der Waals surface area contributed by atoms with Crippen LogP contribution in [0, 0.1) is 0 Å². The first-order valence-electron chi connectivity index (χ1n) is 10.1. The maximum absolute atomic E-state index is 12.6. The number of carbonyl (C=O) groups is 2. The summed E-state index contributed by atoms with van der Waals surface area (Å²) in [5.41, 5.74) is 3.37. The lowest BCUT2D eigenvalue weighted by molar-refractivity contribution is -0.148. The summed E-state index contributed by atoms with van der Waals surface area (Å²) in [4.78, 5) is 24.7. The molecule has 31 heavy (non-hydrogen) atoms. The van der Waals surface area contributed by atoms with Crippen LogP contribution in [-0.2, 0) is 14.3 Å². The predicted molar refractivity (Wildman–Crippen MR) is 123 cm³/mol. The Kier molecular flexibility index (Phi) is 7.60. The molecule has 0 aliphatic carbocycles. The molecule has 5 nitrogen and oxygen atoms in total. The van der Waals surface area contributed by atoms with Crippen molar-refractivity contribution < 1.29 is 19.1 Å². The Balaban J connectivity index is 1.59. The van der Waals surface area contributed by atoms with Crippen LogP contribution in [0.5, 0.6) is 5.75 Å². The molecule has 0 aliphatic rings. The monoisotopic (exact) mass is 415 g/mol. The SMILES string of the molecule is CCOc1ccc(/C=C/C(=O)O[C@@H](C)C(=O)Nc2ccccc2-c2ccccc2)cc1. The van der Waals surface area contributed by atoms with E-state index in [1.807, 2.05) is 85.8 Å². The van der Waals surface area contributed by atoms with Gasteiger partial charge in [0.2, 0.25) is 0 Å². The number of amides is 1. The molecule has 158 valence electrons. The quantitative estimate of drug-likeness (QED) is 0.399. The summed E-state index contributed by atoms with van der Waals surface area (Å²) in [6.07, 6.45) is 1.99. The van der Waals surface area contributed by atoms with Crippen LogP contribution in [-0.4, -0.2) is 24.6 Å². The number of hydrogen-bond donors (Lipinski definition) is 1. The minimum Gasteiger partial charge on any atom is -0.494 e. The normalized spacial score (nSPS) is 11.7. The van der Waals surface area contributed by atoms with Crippen molar-refractivity contribution in [2.75, 3.05) is 11.9 Å². The summed E-state index contributed by atoms with van der Waals surface area (Å²) in [6.45, 7) is 4.06. The van der Waals surface area contributed by atoms with Crippen LogP contribution in [0.25, 0.3) is 17.2 Å². The summed E-state index contributed by atoms with van der Waals surface area (Å²) in [5, 5.41) is 2.85. The molecule has 1 amide bonds. The van der Waals surface area contributed by atoms with Crippen molar-refractivity contribution in [3.8, 4) is 16.9 Å². The third-order valence-electron chi connectivity index (χ3n) is 4.53. The molecule has 0 fully saturated rings. The number of esters is 1. The van der Waals surface area contributed by atoms with Crippen molar-refractivity contribution in [2.45, 2.75) is 20.0 Å². The first-order chi connectivity index (χ1) is 15.1. The van der Waals surface area contributed by atoms with Crippen molar-refractivity contribution in [1.82, 2.24) is 0 Å². The summed E-state index contributed by atoms with van der Waals surface area (Å²) >= 11 is 0. The molecule has 5 heteroatoms. The Morgan fingerprint density at radius 2 is 1.61 bits per heavy atom. The number of ether oxygens (including phenoxy) is 2. The average Bonchev–Trinajstić information content (AvgIpc) is 2.79. The average molecular weight is 415 g/mol. The van der Waals surface area contributed by atoms with E-state index in [-0.39, 0.29) is 0 Å². The first-order valence-corrected chi connectivity index (χ1v) is 10.1. The predicted octanol–water partition coefficient (Wildman–Crippen LogP) is 5.34. The van der Waals surface area contributed by atoms with E-state index >= 15 is 0 Å². The number of anilines is 1. The Morgan fingerprint density at radius 1 is 0.935 bits per heavy atom. The second-order valence-electron chi connectivity index (χ2n) is 6.82. The second-order valence-corrected chi connectivity index (χ2v) is 6.82. The fraction of sp³-hybridized carbons (Fsp3) is 0.154. The molecule has 3 rings (SSSR count). The Bertz CT molecular complexity index is 1040. The maximum atomic E-state index is 12.6. The molecule has 0 saturated carbocycles. The fourth-order valence-electron chi connectivity index (χ4n) is 2.97. The van der Waals surface area contributed by atoms with Gasteiger partial charge in [0.1, 0.15) is 5.75 Å². The van der Waals surface area contributed by atoms with Crippen molar-refractivity contribution in [3.63, 3.8) is 0 Å². The molecule has 0 heterocycles. The summed E-state index contributed by atoms with van der Waals surface area (Å²) < 4.78 is 10.6. The van der Waals surface area contributed by atoms with E-state index in [0.717, 1.165) is 22.4 Å². The van der Waals surface area contributed by atoms with Crippen LogP contribution in [0.1, 0.15) is 19.4 Å². The number of benzene rings is 3. The Labute approximate surface area is 182 Å². The van der Waals surface area contributed by atoms with Crippen molar-refractivity contribution >= 4 is 23.6 Å². The van der Waals surface area contributed by atoms with Gasteiger partial charge in [0.05, 0.1) is 6.61 Å². The molecule has 1 atom stereocenters. The van der Waals surface area contributed by atoms with Gasteiger partial charge in [0.15, 0.2) is 6.10 Å². The van der Waals surface area contributed by atoms with Gasteiger partial charge in [0.25, 0.3) is 5.91 Å². The molecule has 0 bridgehead atoms. The molecule has 3 aromatic rings. The van der Waals surface area contributed by atoms with E-state index in [1.54, 1.807) is 13.0 Å². The highest BCUT2D eigenvalue weighted by atomic mass is 16.5. The van der Waals surface area contributed by atoms with E-state index in [4.69, 9.17) is 9.47 Å². The van der Waals surface area contributed by atoms with Gasteiger partial charge in [0, 0.05) is 17.3 Å². The van der Waals surface area contributed by atoms with Crippen LogP contribution in [0.4, 0.5) is 5.69 Å². The van der Waals surface area contributed by atoms with Gasteiger partial charge in [-0.25, -0.2) is 4.79 Å². The van der Waals surface area contributed by atoms with Crippen molar-refractivity contribution in [1.29, 1.82) is 0 Å². The van der Waals surface area contributed by atoms with E-state index in [0.29, 0.717) is 12.3 Å². The van der Waals surface area contributed by atoms with E-state index in [9.17, 15) is 9.59 Å². The van der Waals surface area contributed by atoms with Crippen molar-refractivity contribution in [2.24, 2.45) is 0 Å². The zero-order valence-electron chi connectivity index (χ0n) is 17.6. The molecule has 0 aromatic heterocycles. The molecule has 3 aromatic carbocycles. The van der Waals surface area contributed by atoms with E-state index in [2.05, 4.69) is 5.32 Å². The molecule has 1 N–H and O–H groups in total. The first kappa shape index (κ1) is 21.8. The Hall–Kier alpha value is -3.86. The zero-order chi connectivity index (χ0) is 22.1. The maximum Gasteiger partial charge on any atom is 0.331 e. The highest BCUT2D eigenvalue weighted by Gasteiger charge is 2.18. The van der Waals surface area contributed by atoms with E-state index < -0.39 is 18.0 Å². The lowest BCUT2D eigenvalue weighted by Gasteiger charge is -2.15. The molecular weight excluding hydrogens is 390 g/mol. The topological polar surface area (TPSA) is 64.6 Å². The summed E-state index contributed by atoms with van der Waals surface area (Å²) in [6, 6.07) is 24.6. The van der Waals surface area contributed by atoms with Gasteiger partial charge >= 0.3 is 5.97 Å². The standard InChI is InChI=1S/C26H25NO4/c1-3-30-22-16-13-20(14-17-22)15-18-25(28)31-19(2)26(29)27-24-12-8-7-11-23(24)21-9-5-4-6-10-21/h4-19H,3H2,1-2H3,(H,27,29)/b18-15+/t19-/m0/s1. The van der Waals surface area contributed by atoms with Gasteiger partial charge in [-0.3, -0.25) is 4.79 Å². The molecule has 0 unspecified atom stereocenters. The third kappa shape index (κ3) is 6.31. The number of carbonyl (C=O) groups excluding carboxylic acids is 2. The number of rotatable bonds is 8. The van der Waals surface area contributed by atoms with Crippen LogP contribution in [0.3, 0.4) is 0 Å². The number of hydrogen-bond acceptors (Lipinski definition) is 4. The zero-order valence-corrected chi connectivity index (χ0v) is 17.6. The third-order valence-corrected chi connectivity index (χ3v) is 4.53. The van der Waals surface area contributed by atoms with Gasteiger partial charge in [-0.05, 0) is 49.2 Å². The molecule has 0 radical (unpaired) electrons. The van der Waals surface area contributed by atoms with Crippen LogP contribution in [0.2, 0.25) is 0 Å². The largest absolute Gasteiger partial charge is 0.494 e. The van der Waals surface area contributed by atoms with Gasteiger partial charge in [-0.2, -0.15) is 0 Å². The van der Waals surface area contributed by atoms with Crippen LogP contribution in [0.15, 0.2) is 84.9 Å².